The highest BCUT2D eigenvalue weighted by molar-refractivity contribution is 6.30. The molecule has 0 bridgehead atoms. The maximum atomic E-state index is 13.5. The molecule has 1 aliphatic heterocycles. The van der Waals surface area contributed by atoms with Crippen molar-refractivity contribution in [2.45, 2.75) is 32.4 Å². The first-order valence-electron chi connectivity index (χ1n) is 7.14. The lowest BCUT2D eigenvalue weighted by Crippen LogP contribution is -2.48. The molecule has 1 aromatic rings. The summed E-state index contributed by atoms with van der Waals surface area (Å²) in [6.45, 7) is 5.25. The van der Waals surface area contributed by atoms with Gasteiger partial charge in [-0.2, -0.15) is 0 Å². The Balaban J connectivity index is 1.94. The van der Waals surface area contributed by atoms with Crippen LogP contribution in [0.15, 0.2) is 18.2 Å². The number of hydrogen-bond acceptors (Lipinski definition) is 3. The third-order valence-electron chi connectivity index (χ3n) is 3.82. The number of hydrogen-bond donors (Lipinski definition) is 2. The van der Waals surface area contributed by atoms with Crippen LogP contribution in [0.25, 0.3) is 0 Å². The monoisotopic (exact) mass is 313 g/mol. The largest absolute Gasteiger partial charge is 0.369 e. The van der Waals surface area contributed by atoms with Gasteiger partial charge >= 0.3 is 0 Å². The summed E-state index contributed by atoms with van der Waals surface area (Å²) in [6, 6.07) is 4.31. The molecule has 1 fully saturated rings. The van der Waals surface area contributed by atoms with E-state index in [9.17, 15) is 9.18 Å². The van der Waals surface area contributed by atoms with Crippen LogP contribution in [0.5, 0.6) is 0 Å². The minimum Gasteiger partial charge on any atom is -0.369 e. The minimum absolute atomic E-state index is 0.0426. The molecular weight excluding hydrogens is 293 g/mol. The van der Waals surface area contributed by atoms with Crippen LogP contribution < -0.4 is 16.0 Å². The molecule has 1 unspecified atom stereocenters. The Hall–Kier alpha value is -1.33. The number of carbonyl (C=O) groups is 1. The number of halogens is 2. The van der Waals surface area contributed by atoms with Crippen molar-refractivity contribution in [3.8, 4) is 0 Å². The van der Waals surface area contributed by atoms with Crippen LogP contribution in [0.1, 0.15) is 20.3 Å². The summed E-state index contributed by atoms with van der Waals surface area (Å²) in [5.74, 6) is -0.449. The van der Waals surface area contributed by atoms with Crippen LogP contribution in [0.4, 0.5) is 10.1 Å². The van der Waals surface area contributed by atoms with Crippen LogP contribution >= 0.6 is 11.6 Å². The number of carbonyl (C=O) groups excluding carboxylic acids is 1. The Labute approximate surface area is 129 Å². The van der Waals surface area contributed by atoms with Crippen LogP contribution in [-0.4, -0.2) is 31.1 Å². The zero-order valence-electron chi connectivity index (χ0n) is 12.3. The van der Waals surface area contributed by atoms with Crippen LogP contribution in [0.2, 0.25) is 5.02 Å². The van der Waals surface area contributed by atoms with Crippen molar-refractivity contribution < 1.29 is 9.18 Å². The summed E-state index contributed by atoms with van der Waals surface area (Å²) in [5, 5.41) is 3.08. The van der Waals surface area contributed by atoms with E-state index in [1.165, 1.54) is 6.07 Å². The fourth-order valence-corrected chi connectivity index (χ4v) is 2.51. The lowest BCUT2D eigenvalue weighted by atomic mass is 10.0. The fraction of sp³-hybridized carbons (Fsp3) is 0.533. The van der Waals surface area contributed by atoms with Gasteiger partial charge in [0, 0.05) is 24.8 Å². The van der Waals surface area contributed by atoms with E-state index in [0.29, 0.717) is 6.54 Å². The van der Waals surface area contributed by atoms with E-state index in [2.05, 4.69) is 5.32 Å². The number of amides is 1. The topological polar surface area (TPSA) is 58.4 Å². The van der Waals surface area contributed by atoms with Crippen LogP contribution in [0.3, 0.4) is 0 Å². The Morgan fingerprint density at radius 1 is 1.52 bits per heavy atom. The highest BCUT2D eigenvalue weighted by Gasteiger charge is 2.27. The van der Waals surface area contributed by atoms with Gasteiger partial charge in [-0.15, -0.1) is 0 Å². The molecule has 2 rings (SSSR count). The van der Waals surface area contributed by atoms with Gasteiger partial charge in [0.2, 0.25) is 5.91 Å². The van der Waals surface area contributed by atoms with Crippen molar-refractivity contribution >= 4 is 23.2 Å². The lowest BCUT2D eigenvalue weighted by molar-refractivity contribution is -0.123. The van der Waals surface area contributed by atoms with Gasteiger partial charge in [-0.25, -0.2) is 4.39 Å². The quantitative estimate of drug-likeness (QED) is 0.895. The Morgan fingerprint density at radius 3 is 2.86 bits per heavy atom. The average molecular weight is 314 g/mol. The second kappa shape index (κ2) is 6.62. The second-order valence-corrected chi connectivity index (χ2v) is 6.22. The van der Waals surface area contributed by atoms with Crippen molar-refractivity contribution in [2.75, 3.05) is 18.0 Å². The molecule has 0 aliphatic carbocycles. The van der Waals surface area contributed by atoms with Gasteiger partial charge in [0.15, 0.2) is 0 Å². The molecule has 0 aromatic heterocycles. The van der Waals surface area contributed by atoms with Gasteiger partial charge < -0.3 is 16.0 Å². The summed E-state index contributed by atoms with van der Waals surface area (Å²) in [5.41, 5.74) is 6.61. The molecule has 1 heterocycles. The summed E-state index contributed by atoms with van der Waals surface area (Å²) in [4.78, 5) is 14.0. The first-order chi connectivity index (χ1) is 9.88. The average Bonchev–Trinajstić information content (AvgIpc) is 2.89. The van der Waals surface area contributed by atoms with Crippen molar-refractivity contribution in [3.05, 3.63) is 29.0 Å². The zero-order valence-corrected chi connectivity index (χ0v) is 13.0. The molecule has 1 saturated heterocycles. The molecule has 4 nitrogen and oxygen atoms in total. The number of nitrogens with one attached hydrogen (secondary N) is 1. The van der Waals surface area contributed by atoms with Crippen molar-refractivity contribution in [2.24, 2.45) is 11.7 Å². The van der Waals surface area contributed by atoms with Gasteiger partial charge in [-0.3, -0.25) is 4.79 Å². The molecule has 0 spiro atoms. The summed E-state index contributed by atoms with van der Waals surface area (Å²) < 4.78 is 13.5. The van der Waals surface area contributed by atoms with E-state index >= 15 is 0 Å². The highest BCUT2D eigenvalue weighted by Crippen LogP contribution is 2.25. The third kappa shape index (κ3) is 3.86. The molecular formula is C15H21ClFN3O. The van der Waals surface area contributed by atoms with E-state index in [1.54, 1.807) is 12.1 Å². The van der Waals surface area contributed by atoms with Crippen molar-refractivity contribution in [3.63, 3.8) is 0 Å². The molecule has 116 valence electrons. The van der Waals surface area contributed by atoms with Crippen LogP contribution in [0, 0.1) is 11.7 Å². The first kappa shape index (κ1) is 16.0. The normalized spacial score (nSPS) is 19.9. The van der Waals surface area contributed by atoms with Crippen LogP contribution in [-0.2, 0) is 4.79 Å². The number of rotatable bonds is 4. The minimum atomic E-state index is -0.493. The predicted molar refractivity (Wildman–Crippen MR) is 83.0 cm³/mol. The second-order valence-electron chi connectivity index (χ2n) is 5.81. The predicted octanol–water partition coefficient (Wildman–Crippen LogP) is 2.16. The Morgan fingerprint density at radius 2 is 2.24 bits per heavy atom. The smallest absolute Gasteiger partial charge is 0.237 e. The maximum Gasteiger partial charge on any atom is 0.237 e. The third-order valence-corrected chi connectivity index (χ3v) is 4.13. The van der Waals surface area contributed by atoms with Gasteiger partial charge in [0.25, 0.3) is 0 Å². The Bertz CT molecular complexity index is 524. The van der Waals surface area contributed by atoms with E-state index < -0.39 is 11.9 Å². The van der Waals surface area contributed by atoms with Gasteiger partial charge in [-0.1, -0.05) is 25.4 Å². The SMILES string of the molecule is CC(C)[C@H](N)C(=O)NC1CCN(c2ccc(Cl)c(F)c2)C1. The van der Waals surface area contributed by atoms with E-state index in [-0.39, 0.29) is 22.9 Å². The highest BCUT2D eigenvalue weighted by atomic mass is 35.5. The van der Waals surface area contributed by atoms with Gasteiger partial charge in [0.1, 0.15) is 5.82 Å². The number of benzene rings is 1. The van der Waals surface area contributed by atoms with E-state index in [0.717, 1.165) is 18.7 Å². The molecule has 3 N–H and O–H groups in total. The molecule has 0 radical (unpaired) electrons. The molecule has 21 heavy (non-hydrogen) atoms. The fourth-order valence-electron chi connectivity index (χ4n) is 2.39. The summed E-state index contributed by atoms with van der Waals surface area (Å²) in [7, 11) is 0. The van der Waals surface area contributed by atoms with Crippen molar-refractivity contribution in [1.29, 1.82) is 0 Å². The number of nitrogens with zero attached hydrogens (tertiary/aromatic N) is 1. The summed E-state index contributed by atoms with van der Waals surface area (Å²) >= 11 is 5.68. The summed E-state index contributed by atoms with van der Waals surface area (Å²) in [6.07, 6.45) is 0.820. The van der Waals surface area contributed by atoms with E-state index in [4.69, 9.17) is 17.3 Å². The van der Waals surface area contributed by atoms with E-state index in [1.807, 2.05) is 18.7 Å². The number of nitrogens with two attached hydrogens (primary N) is 1. The zero-order chi connectivity index (χ0) is 15.6. The molecule has 1 aliphatic rings. The lowest BCUT2D eigenvalue weighted by Gasteiger charge is -2.21. The Kier molecular flexibility index (Phi) is 5.06. The van der Waals surface area contributed by atoms with Gasteiger partial charge in [-0.05, 0) is 30.5 Å². The standard InChI is InChI=1S/C15H21ClFN3O/c1-9(2)14(18)15(21)19-10-5-6-20(8-10)11-3-4-12(16)13(17)7-11/h3-4,7,9-10,14H,5-6,8,18H2,1-2H3,(H,19,21)/t10?,14-/m0/s1. The van der Waals surface area contributed by atoms with Crippen molar-refractivity contribution in [1.82, 2.24) is 5.32 Å². The first-order valence-corrected chi connectivity index (χ1v) is 7.52. The maximum absolute atomic E-state index is 13.5. The number of anilines is 1. The van der Waals surface area contributed by atoms with Gasteiger partial charge in [0.05, 0.1) is 11.1 Å². The molecule has 0 saturated carbocycles. The molecule has 2 atom stereocenters. The molecule has 6 heteroatoms. The molecule has 1 aromatic carbocycles. The molecule has 1 amide bonds.